The Morgan fingerprint density at radius 2 is 1.25 bits per heavy atom. The molecule has 0 unspecified atom stereocenters. The summed E-state index contributed by atoms with van der Waals surface area (Å²) in [5.74, 6) is -6.28. The first kappa shape index (κ1) is 23.7. The fourth-order valence-electron chi connectivity index (χ4n) is 3.09. The molecule has 6 heteroatoms. The van der Waals surface area contributed by atoms with E-state index >= 15 is 0 Å². The minimum atomic E-state index is -2.06. The van der Waals surface area contributed by atoms with E-state index in [9.17, 15) is 14.4 Å². The van der Waals surface area contributed by atoms with Crippen LogP contribution in [-0.4, -0.2) is 34.5 Å². The molecule has 0 aliphatic carbocycles. The van der Waals surface area contributed by atoms with Crippen molar-refractivity contribution in [3.05, 3.63) is 29.8 Å². The van der Waals surface area contributed by atoms with Crippen LogP contribution in [0.4, 0.5) is 5.69 Å². The van der Waals surface area contributed by atoms with E-state index in [0.29, 0.717) is 0 Å². The maximum atomic E-state index is 12.0. The molecule has 1 rings (SSSR count). The fraction of sp³-hybridized carbons (Fsp3) is 0.591. The Kier molecular flexibility index (Phi) is 11.6. The number of ketones is 1. The second kappa shape index (κ2) is 13.7. The van der Waals surface area contributed by atoms with Gasteiger partial charge in [-0.25, -0.2) is 0 Å². The van der Waals surface area contributed by atoms with Crippen molar-refractivity contribution < 1.29 is 24.6 Å². The molecule has 0 heterocycles. The number of unbranched alkanes of at least 4 members (excludes halogenated alkanes) is 9. The van der Waals surface area contributed by atoms with Gasteiger partial charge in [-0.05, 0) is 30.7 Å². The van der Waals surface area contributed by atoms with Crippen LogP contribution < -0.4 is 5.32 Å². The van der Waals surface area contributed by atoms with E-state index in [4.69, 9.17) is 10.2 Å². The highest BCUT2D eigenvalue weighted by Crippen LogP contribution is 2.15. The highest BCUT2D eigenvalue weighted by atomic mass is 16.4. The highest BCUT2D eigenvalue weighted by molar-refractivity contribution is 6.20. The molecular weight excluding hydrogens is 358 g/mol. The van der Waals surface area contributed by atoms with Crippen LogP contribution in [0, 0.1) is 5.92 Å². The topological polar surface area (TPSA) is 104 Å². The van der Waals surface area contributed by atoms with E-state index in [2.05, 4.69) is 12.2 Å². The Morgan fingerprint density at radius 3 is 1.71 bits per heavy atom. The molecule has 0 aromatic heterocycles. The lowest BCUT2D eigenvalue weighted by Crippen LogP contribution is -2.31. The Hall–Kier alpha value is -2.37. The van der Waals surface area contributed by atoms with E-state index in [-0.39, 0.29) is 5.56 Å². The van der Waals surface area contributed by atoms with Gasteiger partial charge < -0.3 is 15.5 Å². The molecule has 0 saturated heterocycles. The molecule has 0 aliphatic heterocycles. The van der Waals surface area contributed by atoms with Gasteiger partial charge in [0.2, 0.25) is 5.92 Å². The van der Waals surface area contributed by atoms with Crippen LogP contribution >= 0.6 is 0 Å². The third kappa shape index (κ3) is 9.02. The summed E-state index contributed by atoms with van der Waals surface area (Å²) in [5.41, 5.74) is 0.911. The van der Waals surface area contributed by atoms with Crippen LogP contribution in [0.1, 0.15) is 81.5 Å². The summed E-state index contributed by atoms with van der Waals surface area (Å²) in [4.78, 5) is 33.9. The third-order valence-electron chi connectivity index (χ3n) is 4.78. The maximum absolute atomic E-state index is 12.0. The largest absolute Gasteiger partial charge is 0.480 e. The smallest absolute Gasteiger partial charge is 0.325 e. The molecule has 28 heavy (non-hydrogen) atoms. The van der Waals surface area contributed by atoms with E-state index in [1.807, 2.05) is 0 Å². The predicted molar refractivity (Wildman–Crippen MR) is 110 cm³/mol. The number of nitrogens with one attached hydrogen (secondary N) is 1. The van der Waals surface area contributed by atoms with Gasteiger partial charge in [-0.15, -0.1) is 0 Å². The number of hydrogen-bond acceptors (Lipinski definition) is 4. The van der Waals surface area contributed by atoms with Gasteiger partial charge in [0.1, 0.15) is 0 Å². The van der Waals surface area contributed by atoms with Gasteiger partial charge in [0, 0.05) is 17.8 Å². The number of carbonyl (C=O) groups excluding carboxylic acids is 1. The minimum Gasteiger partial charge on any atom is -0.480 e. The summed E-state index contributed by atoms with van der Waals surface area (Å²) in [7, 11) is 0. The standard InChI is InChI=1S/C22H33NO5/c1-2-3-4-5-6-7-8-9-10-11-16-23-18-14-12-17(13-15-18)20(24)19(21(25)26)22(27)28/h12-15,19,23H,2-11,16H2,1H3,(H,25,26)(H,27,28). The molecule has 1 aromatic rings. The Bertz CT molecular complexity index is 598. The lowest BCUT2D eigenvalue weighted by molar-refractivity contribution is -0.151. The van der Waals surface area contributed by atoms with Gasteiger partial charge in [0.25, 0.3) is 0 Å². The van der Waals surface area contributed by atoms with E-state index < -0.39 is 23.6 Å². The Balaban J connectivity index is 2.22. The van der Waals surface area contributed by atoms with Gasteiger partial charge in [-0.3, -0.25) is 14.4 Å². The summed E-state index contributed by atoms with van der Waals surface area (Å²) >= 11 is 0. The van der Waals surface area contributed by atoms with Crippen molar-refractivity contribution in [2.45, 2.75) is 71.1 Å². The Labute approximate surface area is 167 Å². The van der Waals surface area contributed by atoms with Crippen LogP contribution in [0.2, 0.25) is 0 Å². The predicted octanol–water partition coefficient (Wildman–Crippen LogP) is 4.99. The van der Waals surface area contributed by atoms with Crippen LogP contribution in [-0.2, 0) is 9.59 Å². The van der Waals surface area contributed by atoms with Crippen molar-refractivity contribution in [1.82, 2.24) is 0 Å². The number of Topliss-reactive ketones (excluding diaryl/α,β-unsaturated/α-hetero) is 1. The first-order valence-corrected chi connectivity index (χ1v) is 10.3. The molecule has 0 fully saturated rings. The van der Waals surface area contributed by atoms with Crippen LogP contribution in [0.5, 0.6) is 0 Å². The SMILES string of the molecule is CCCCCCCCCCCCNc1ccc(C(=O)C(C(=O)O)C(=O)O)cc1. The van der Waals surface area contributed by atoms with E-state index in [0.717, 1.165) is 18.7 Å². The monoisotopic (exact) mass is 391 g/mol. The van der Waals surface area contributed by atoms with Gasteiger partial charge in [0.15, 0.2) is 5.78 Å². The second-order valence-corrected chi connectivity index (χ2v) is 7.16. The van der Waals surface area contributed by atoms with Crippen molar-refractivity contribution in [2.75, 3.05) is 11.9 Å². The second-order valence-electron chi connectivity index (χ2n) is 7.16. The molecule has 6 nitrogen and oxygen atoms in total. The van der Waals surface area contributed by atoms with E-state index in [1.165, 1.54) is 69.9 Å². The average Bonchev–Trinajstić information content (AvgIpc) is 2.66. The van der Waals surface area contributed by atoms with Crippen LogP contribution in [0.15, 0.2) is 24.3 Å². The molecule has 0 spiro atoms. The van der Waals surface area contributed by atoms with Gasteiger partial charge >= 0.3 is 11.9 Å². The molecule has 0 saturated carbocycles. The lowest BCUT2D eigenvalue weighted by Gasteiger charge is -2.09. The zero-order valence-corrected chi connectivity index (χ0v) is 16.8. The first-order valence-electron chi connectivity index (χ1n) is 10.3. The van der Waals surface area contributed by atoms with Crippen molar-refractivity contribution in [1.29, 1.82) is 0 Å². The molecule has 1 aromatic carbocycles. The first-order chi connectivity index (χ1) is 13.5. The van der Waals surface area contributed by atoms with Crippen molar-refractivity contribution in [2.24, 2.45) is 5.92 Å². The van der Waals surface area contributed by atoms with Crippen LogP contribution in [0.25, 0.3) is 0 Å². The number of carbonyl (C=O) groups is 3. The van der Waals surface area contributed by atoms with E-state index in [1.54, 1.807) is 12.1 Å². The summed E-state index contributed by atoms with van der Waals surface area (Å²) in [6, 6.07) is 6.26. The van der Waals surface area contributed by atoms with Gasteiger partial charge in [-0.1, -0.05) is 64.7 Å². The van der Waals surface area contributed by atoms with Crippen molar-refractivity contribution in [3.8, 4) is 0 Å². The number of anilines is 1. The number of carboxylic acids is 2. The number of rotatable bonds is 16. The number of benzene rings is 1. The molecule has 0 radical (unpaired) electrons. The minimum absolute atomic E-state index is 0.0827. The molecule has 0 atom stereocenters. The Morgan fingerprint density at radius 1 is 0.786 bits per heavy atom. The summed E-state index contributed by atoms with van der Waals surface area (Å²) < 4.78 is 0. The molecule has 0 bridgehead atoms. The zero-order chi connectivity index (χ0) is 20.8. The molecule has 0 amide bonds. The fourth-order valence-corrected chi connectivity index (χ4v) is 3.09. The number of hydrogen-bond donors (Lipinski definition) is 3. The van der Waals surface area contributed by atoms with Crippen molar-refractivity contribution in [3.63, 3.8) is 0 Å². The number of carboxylic acid groups (broad SMARTS) is 2. The quantitative estimate of drug-likeness (QED) is 0.208. The third-order valence-corrected chi connectivity index (χ3v) is 4.78. The molecular formula is C22H33NO5. The summed E-state index contributed by atoms with van der Waals surface area (Å²) in [5, 5.41) is 21.0. The molecule has 3 N–H and O–H groups in total. The van der Waals surface area contributed by atoms with Gasteiger partial charge in [0.05, 0.1) is 0 Å². The summed E-state index contributed by atoms with van der Waals surface area (Å²) in [6.45, 7) is 3.06. The lowest BCUT2D eigenvalue weighted by atomic mass is 9.97. The van der Waals surface area contributed by atoms with Gasteiger partial charge in [-0.2, -0.15) is 0 Å². The maximum Gasteiger partial charge on any atom is 0.325 e. The normalized spacial score (nSPS) is 10.8. The average molecular weight is 392 g/mol. The zero-order valence-electron chi connectivity index (χ0n) is 16.8. The molecule has 0 aliphatic rings. The summed E-state index contributed by atoms with van der Waals surface area (Å²) in [6.07, 6.45) is 12.8. The molecule has 156 valence electrons. The van der Waals surface area contributed by atoms with Crippen LogP contribution in [0.3, 0.4) is 0 Å². The highest BCUT2D eigenvalue weighted by Gasteiger charge is 2.34. The number of aliphatic carboxylic acids is 2. The van der Waals surface area contributed by atoms with Crippen molar-refractivity contribution >= 4 is 23.4 Å².